The Morgan fingerprint density at radius 1 is 0.275 bits per heavy atom. The summed E-state index contributed by atoms with van der Waals surface area (Å²) in [5.74, 6) is 3.91. The van der Waals surface area contributed by atoms with E-state index in [4.69, 9.17) is 39.2 Å². The van der Waals surface area contributed by atoms with Crippen molar-refractivity contribution in [2.24, 2.45) is 0 Å². The van der Waals surface area contributed by atoms with Crippen molar-refractivity contribution in [1.82, 2.24) is 29.9 Å². The van der Waals surface area contributed by atoms with Crippen LogP contribution in [-0.4, -0.2) is 48.2 Å². The molecule has 1 aliphatic rings. The summed E-state index contributed by atoms with van der Waals surface area (Å²) in [6, 6.07) is 81.9. The first-order chi connectivity index (χ1) is 38.8. The van der Waals surface area contributed by atoms with E-state index < -0.39 is 7.12 Å². The molecule has 1 aliphatic heterocycles. The smallest absolute Gasteiger partial charge is 0.399 e. The van der Waals surface area contributed by atoms with Gasteiger partial charge in [-0.3, -0.25) is 0 Å². The normalized spacial score (nSPS) is 13.3. The van der Waals surface area contributed by atoms with Crippen molar-refractivity contribution in [2.75, 3.05) is 0 Å². The zero-order valence-electron chi connectivity index (χ0n) is 44.3. The molecule has 0 radical (unpaired) electrons. The molecule has 0 bridgehead atoms. The van der Waals surface area contributed by atoms with Crippen LogP contribution in [0, 0.1) is 0 Å². The zero-order valence-corrected chi connectivity index (χ0v) is 49.1. The molecule has 80 heavy (non-hydrogen) atoms. The van der Waals surface area contributed by atoms with Crippen molar-refractivity contribution < 1.29 is 9.31 Å². The summed E-state index contributed by atoms with van der Waals surface area (Å²) in [6.45, 7) is 8.23. The van der Waals surface area contributed by atoms with Crippen LogP contribution in [0.2, 0.25) is 0 Å². The largest absolute Gasteiger partial charge is 0.494 e. The maximum Gasteiger partial charge on any atom is 0.494 e. The summed E-state index contributed by atoms with van der Waals surface area (Å²) < 4.78 is 15.7. The lowest BCUT2D eigenvalue weighted by atomic mass is 9.79. The molecule has 12 aromatic rings. The van der Waals surface area contributed by atoms with Crippen LogP contribution in [0.5, 0.6) is 0 Å². The van der Waals surface area contributed by atoms with Gasteiger partial charge in [0.25, 0.3) is 0 Å². The Hall–Kier alpha value is -7.84. The number of nitrogens with zero attached hydrogens (tertiary/aromatic N) is 6. The summed E-state index contributed by atoms with van der Waals surface area (Å²) in [4.78, 5) is 28.8. The molecule has 10 aromatic carbocycles. The summed E-state index contributed by atoms with van der Waals surface area (Å²) in [5, 5.41) is 4.94. The van der Waals surface area contributed by atoms with Gasteiger partial charge >= 0.3 is 7.12 Å². The van der Waals surface area contributed by atoms with Gasteiger partial charge in [-0.15, -0.1) is 0 Å². The van der Waals surface area contributed by atoms with Gasteiger partial charge in [-0.2, -0.15) is 0 Å². The van der Waals surface area contributed by atoms with E-state index >= 15 is 0 Å². The van der Waals surface area contributed by atoms with E-state index in [9.17, 15) is 0 Å². The number of benzene rings is 10. The third-order valence-electron chi connectivity index (χ3n) is 14.1. The second kappa shape index (κ2) is 23.9. The van der Waals surface area contributed by atoms with Crippen molar-refractivity contribution in [2.45, 2.75) is 38.9 Å². The minimum absolute atomic E-state index is 0.375. The van der Waals surface area contributed by atoms with Crippen LogP contribution in [0.1, 0.15) is 27.7 Å². The predicted octanol–water partition coefficient (Wildman–Crippen LogP) is 18.0. The minimum atomic E-state index is -0.401. The zero-order chi connectivity index (χ0) is 55.2. The molecule has 2 aromatic heterocycles. The summed E-state index contributed by atoms with van der Waals surface area (Å²) in [7, 11) is -0.401. The quantitative estimate of drug-likeness (QED) is 0.139. The second-order valence-corrected chi connectivity index (χ2v) is 23.0. The standard InChI is InChI=1S/C31H20BrN3.C27H26BN3O2.C10H6Br2/c32-28-18-17-22-13-16-26(19-27(22)20-28)21-11-14-25(15-12-21)31-34-29(23-7-3-1-4-8-23)33-30(35-31)24-9-5-2-6-10-24;1-26(2)27(3,4)33-28(32-26)22-17-15-21(16-18-22)25-30-23(19-11-7-5-8-12-19)29-24(31-25)20-13-9-6-10-14-20;11-9-3-1-7-2-4-10(12)6-8(7)5-9/h1-20H;5-18H,1-4H3;1-6H. The van der Waals surface area contributed by atoms with Crippen molar-refractivity contribution in [3.05, 3.63) is 256 Å². The average Bonchev–Trinajstić information content (AvgIpc) is 3.73. The third kappa shape index (κ3) is 12.6. The summed E-state index contributed by atoms with van der Waals surface area (Å²) in [5.41, 5.74) is 8.24. The Morgan fingerprint density at radius 3 is 0.875 bits per heavy atom. The second-order valence-electron chi connectivity index (χ2n) is 20.2. The third-order valence-corrected chi connectivity index (χ3v) is 15.6. The maximum absolute atomic E-state index is 6.19. The number of rotatable bonds is 8. The van der Waals surface area contributed by atoms with E-state index in [0.717, 1.165) is 57.8 Å². The van der Waals surface area contributed by atoms with Crippen LogP contribution >= 0.6 is 47.8 Å². The molecule has 390 valence electrons. The van der Waals surface area contributed by atoms with Crippen molar-refractivity contribution in [1.29, 1.82) is 0 Å². The van der Waals surface area contributed by atoms with E-state index in [2.05, 4.69) is 173 Å². The summed E-state index contributed by atoms with van der Waals surface area (Å²) >= 11 is 10.5. The van der Waals surface area contributed by atoms with E-state index in [1.807, 2.05) is 146 Å². The van der Waals surface area contributed by atoms with Crippen LogP contribution in [0.25, 0.3) is 101 Å². The molecule has 1 fully saturated rings. The molecule has 0 unspecified atom stereocenters. The minimum Gasteiger partial charge on any atom is -0.399 e. The highest BCUT2D eigenvalue weighted by molar-refractivity contribution is 9.11. The van der Waals surface area contributed by atoms with Crippen molar-refractivity contribution in [3.63, 3.8) is 0 Å². The van der Waals surface area contributed by atoms with Crippen LogP contribution in [-0.2, 0) is 9.31 Å². The van der Waals surface area contributed by atoms with Crippen LogP contribution in [0.15, 0.2) is 256 Å². The van der Waals surface area contributed by atoms with E-state index in [1.54, 1.807) is 0 Å². The van der Waals surface area contributed by atoms with E-state index in [-0.39, 0.29) is 11.2 Å². The van der Waals surface area contributed by atoms with Crippen LogP contribution in [0.4, 0.5) is 0 Å². The molecule has 8 nitrogen and oxygen atoms in total. The SMILES string of the molecule is Brc1ccc2ccc(-c3ccc(-c4nc(-c5ccccc5)nc(-c5ccccc5)n4)cc3)cc2c1.Brc1ccc2ccc(Br)cc2c1.CC1(C)OB(c2ccc(-c3nc(-c4ccccc4)nc(-c4ccccc4)n3)cc2)OC1(C)C. The Balaban J connectivity index is 0.000000140. The molecule has 13 rings (SSSR count). The van der Waals surface area contributed by atoms with Gasteiger partial charge in [0.15, 0.2) is 34.9 Å². The number of aromatic nitrogens is 6. The molecule has 0 saturated carbocycles. The topological polar surface area (TPSA) is 95.8 Å². The predicted molar refractivity (Wildman–Crippen MR) is 338 cm³/mol. The lowest BCUT2D eigenvalue weighted by molar-refractivity contribution is 0.00578. The van der Waals surface area contributed by atoms with Gasteiger partial charge in [0.1, 0.15) is 0 Å². The Bertz CT molecular complexity index is 3940. The summed E-state index contributed by atoms with van der Waals surface area (Å²) in [6.07, 6.45) is 0. The van der Waals surface area contributed by atoms with E-state index in [1.165, 1.54) is 27.1 Å². The number of fused-ring (bicyclic) bond motifs is 2. The van der Waals surface area contributed by atoms with Gasteiger partial charge in [0, 0.05) is 46.8 Å². The van der Waals surface area contributed by atoms with Gasteiger partial charge in [-0.05, 0) is 108 Å². The van der Waals surface area contributed by atoms with Gasteiger partial charge in [0.2, 0.25) is 0 Å². The number of halogens is 3. The first kappa shape index (κ1) is 54.1. The fourth-order valence-electron chi connectivity index (χ4n) is 9.04. The molecular formula is C68H52BBr3N6O2. The first-order valence-corrected chi connectivity index (χ1v) is 28.5. The van der Waals surface area contributed by atoms with Crippen LogP contribution in [0.3, 0.4) is 0 Å². The monoisotopic (exact) mass is 1230 g/mol. The maximum atomic E-state index is 6.19. The number of hydrogen-bond donors (Lipinski definition) is 0. The molecule has 0 atom stereocenters. The van der Waals surface area contributed by atoms with Crippen molar-refractivity contribution >= 4 is 81.9 Å². The van der Waals surface area contributed by atoms with Gasteiger partial charge in [0.05, 0.1) is 11.2 Å². The molecule has 3 heterocycles. The Morgan fingerprint density at radius 2 is 0.537 bits per heavy atom. The molecule has 0 aliphatic carbocycles. The fourth-order valence-corrected chi connectivity index (χ4v) is 10.2. The molecular weight excluding hydrogens is 1180 g/mol. The molecule has 0 amide bonds. The highest BCUT2D eigenvalue weighted by Gasteiger charge is 2.51. The lowest BCUT2D eigenvalue weighted by Gasteiger charge is -2.32. The highest BCUT2D eigenvalue weighted by atomic mass is 79.9. The lowest BCUT2D eigenvalue weighted by Crippen LogP contribution is -2.41. The molecule has 0 spiro atoms. The van der Waals surface area contributed by atoms with Gasteiger partial charge in [-0.25, -0.2) is 29.9 Å². The Kier molecular flexibility index (Phi) is 16.1. The van der Waals surface area contributed by atoms with Crippen LogP contribution < -0.4 is 5.46 Å². The molecule has 1 saturated heterocycles. The van der Waals surface area contributed by atoms with Gasteiger partial charge < -0.3 is 9.31 Å². The first-order valence-electron chi connectivity index (χ1n) is 26.2. The van der Waals surface area contributed by atoms with E-state index in [0.29, 0.717) is 34.9 Å². The Labute approximate surface area is 492 Å². The average molecular weight is 1240 g/mol. The van der Waals surface area contributed by atoms with Gasteiger partial charge in [-0.1, -0.05) is 248 Å². The highest BCUT2D eigenvalue weighted by Crippen LogP contribution is 2.37. The number of hydrogen-bond acceptors (Lipinski definition) is 8. The molecule has 12 heteroatoms. The molecule has 0 N–H and O–H groups in total. The fraction of sp³-hybridized carbons (Fsp3) is 0.0882. The van der Waals surface area contributed by atoms with Crippen molar-refractivity contribution in [3.8, 4) is 79.5 Å².